The second-order valence-corrected chi connectivity index (χ2v) is 5.11. The van der Waals surface area contributed by atoms with Gasteiger partial charge in [0.25, 0.3) is 0 Å². The summed E-state index contributed by atoms with van der Waals surface area (Å²) in [5.74, 6) is 0.0912. The number of methoxy groups -OCH3 is 1. The Kier molecular flexibility index (Phi) is 7.54. The fourth-order valence-corrected chi connectivity index (χ4v) is 2.11. The molecular formula is C14H26N2O4. The minimum absolute atomic E-state index is 0.000501. The second kappa shape index (κ2) is 8.92. The van der Waals surface area contributed by atoms with Crippen LogP contribution in [0, 0.1) is 5.92 Å². The van der Waals surface area contributed by atoms with Gasteiger partial charge in [0.2, 0.25) is 11.8 Å². The van der Waals surface area contributed by atoms with Crippen LogP contribution in [-0.2, 0) is 19.1 Å². The van der Waals surface area contributed by atoms with Crippen molar-refractivity contribution in [1.82, 2.24) is 10.2 Å². The maximum Gasteiger partial charge on any atom is 0.245 e. The lowest BCUT2D eigenvalue weighted by atomic mass is 9.98. The van der Waals surface area contributed by atoms with Gasteiger partial charge in [-0.15, -0.1) is 0 Å². The van der Waals surface area contributed by atoms with Crippen molar-refractivity contribution in [3.05, 3.63) is 0 Å². The minimum Gasteiger partial charge on any atom is -0.382 e. The lowest BCUT2D eigenvalue weighted by Gasteiger charge is -2.27. The lowest BCUT2D eigenvalue weighted by Crippen LogP contribution is -2.49. The van der Waals surface area contributed by atoms with Crippen LogP contribution >= 0.6 is 0 Å². The third-order valence-electron chi connectivity index (χ3n) is 3.65. The van der Waals surface area contributed by atoms with Gasteiger partial charge in [-0.1, -0.05) is 20.3 Å². The Bertz CT molecular complexity index is 322. The molecule has 0 bridgehead atoms. The summed E-state index contributed by atoms with van der Waals surface area (Å²) in [6, 6.07) is -0.408. The van der Waals surface area contributed by atoms with E-state index in [4.69, 9.17) is 9.47 Å². The number of hydrogen-bond donors (Lipinski definition) is 1. The quantitative estimate of drug-likeness (QED) is 0.656. The van der Waals surface area contributed by atoms with E-state index in [-0.39, 0.29) is 17.7 Å². The summed E-state index contributed by atoms with van der Waals surface area (Å²) in [5.41, 5.74) is 0. The second-order valence-electron chi connectivity index (χ2n) is 5.11. The van der Waals surface area contributed by atoms with Crippen LogP contribution in [0.1, 0.15) is 26.7 Å². The van der Waals surface area contributed by atoms with E-state index >= 15 is 0 Å². The third kappa shape index (κ3) is 5.09. The Morgan fingerprint density at radius 3 is 2.75 bits per heavy atom. The van der Waals surface area contributed by atoms with E-state index < -0.39 is 6.04 Å². The third-order valence-corrected chi connectivity index (χ3v) is 3.65. The summed E-state index contributed by atoms with van der Waals surface area (Å²) in [6.45, 7) is 6.52. The molecule has 2 atom stereocenters. The van der Waals surface area contributed by atoms with E-state index in [1.54, 1.807) is 12.0 Å². The molecule has 2 unspecified atom stereocenters. The standard InChI is InChI=1S/C14H26N2O4/c1-4-11(2)13-14(18)16(6-5-12(17)15-13)7-8-20-10-9-19-3/h11,13H,4-10H2,1-3H3,(H,15,17). The van der Waals surface area contributed by atoms with Gasteiger partial charge in [-0.05, 0) is 5.92 Å². The number of carbonyl (C=O) groups excluding carboxylic acids is 2. The van der Waals surface area contributed by atoms with E-state index in [1.807, 2.05) is 13.8 Å². The van der Waals surface area contributed by atoms with Gasteiger partial charge in [0.15, 0.2) is 0 Å². The number of ether oxygens (including phenoxy) is 2. The average Bonchev–Trinajstić information content (AvgIpc) is 2.59. The van der Waals surface area contributed by atoms with Gasteiger partial charge in [0, 0.05) is 26.6 Å². The first-order chi connectivity index (χ1) is 9.60. The maximum atomic E-state index is 12.4. The Morgan fingerprint density at radius 1 is 1.35 bits per heavy atom. The van der Waals surface area contributed by atoms with Crippen molar-refractivity contribution >= 4 is 11.8 Å². The highest BCUT2D eigenvalue weighted by Gasteiger charge is 2.32. The van der Waals surface area contributed by atoms with Gasteiger partial charge < -0.3 is 19.7 Å². The van der Waals surface area contributed by atoms with E-state index in [0.29, 0.717) is 39.3 Å². The van der Waals surface area contributed by atoms with Gasteiger partial charge in [0.1, 0.15) is 6.04 Å². The van der Waals surface area contributed by atoms with Crippen LogP contribution < -0.4 is 5.32 Å². The summed E-state index contributed by atoms with van der Waals surface area (Å²) >= 11 is 0. The first-order valence-corrected chi connectivity index (χ1v) is 7.25. The summed E-state index contributed by atoms with van der Waals surface area (Å²) in [5, 5.41) is 2.83. The number of amides is 2. The van der Waals surface area contributed by atoms with Crippen molar-refractivity contribution < 1.29 is 19.1 Å². The Labute approximate surface area is 120 Å². The highest BCUT2D eigenvalue weighted by molar-refractivity contribution is 5.90. The predicted octanol–water partition coefficient (Wildman–Crippen LogP) is 0.413. The predicted molar refractivity (Wildman–Crippen MR) is 75.3 cm³/mol. The number of carbonyl (C=O) groups is 2. The zero-order valence-electron chi connectivity index (χ0n) is 12.7. The highest BCUT2D eigenvalue weighted by Crippen LogP contribution is 2.14. The van der Waals surface area contributed by atoms with E-state index in [9.17, 15) is 9.59 Å². The first-order valence-electron chi connectivity index (χ1n) is 7.25. The van der Waals surface area contributed by atoms with Crippen molar-refractivity contribution in [3.8, 4) is 0 Å². The molecule has 0 saturated carbocycles. The smallest absolute Gasteiger partial charge is 0.245 e. The van der Waals surface area contributed by atoms with Gasteiger partial charge in [-0.2, -0.15) is 0 Å². The van der Waals surface area contributed by atoms with Gasteiger partial charge in [0.05, 0.1) is 19.8 Å². The number of rotatable bonds is 8. The lowest BCUT2D eigenvalue weighted by molar-refractivity contribution is -0.135. The molecule has 0 aliphatic carbocycles. The van der Waals surface area contributed by atoms with E-state index in [2.05, 4.69) is 5.32 Å². The molecule has 0 spiro atoms. The minimum atomic E-state index is -0.408. The van der Waals surface area contributed by atoms with Crippen molar-refractivity contribution in [1.29, 1.82) is 0 Å². The van der Waals surface area contributed by atoms with Crippen LogP contribution in [0.15, 0.2) is 0 Å². The molecule has 1 N–H and O–H groups in total. The fraction of sp³-hybridized carbons (Fsp3) is 0.857. The molecule has 1 fully saturated rings. The molecule has 0 aromatic rings. The van der Waals surface area contributed by atoms with Crippen LogP contribution in [0.3, 0.4) is 0 Å². The van der Waals surface area contributed by atoms with E-state index in [0.717, 1.165) is 6.42 Å². The summed E-state index contributed by atoms with van der Waals surface area (Å²) in [7, 11) is 1.62. The first kappa shape index (κ1) is 16.9. The zero-order valence-corrected chi connectivity index (χ0v) is 12.7. The molecule has 1 saturated heterocycles. The van der Waals surface area contributed by atoms with Gasteiger partial charge in [-0.25, -0.2) is 0 Å². The number of nitrogens with zero attached hydrogens (tertiary/aromatic N) is 1. The summed E-state index contributed by atoms with van der Waals surface area (Å²) in [6.07, 6.45) is 1.21. The van der Waals surface area contributed by atoms with Crippen molar-refractivity contribution in [3.63, 3.8) is 0 Å². The molecule has 0 radical (unpaired) electrons. The van der Waals surface area contributed by atoms with Crippen LogP contribution in [0.5, 0.6) is 0 Å². The van der Waals surface area contributed by atoms with Gasteiger partial charge in [-0.3, -0.25) is 9.59 Å². The molecule has 6 nitrogen and oxygen atoms in total. The topological polar surface area (TPSA) is 67.9 Å². The van der Waals surface area contributed by atoms with Crippen LogP contribution in [-0.4, -0.2) is 62.8 Å². The molecule has 1 rings (SSSR count). The van der Waals surface area contributed by atoms with E-state index in [1.165, 1.54) is 0 Å². The highest BCUT2D eigenvalue weighted by atomic mass is 16.5. The molecule has 2 amide bonds. The summed E-state index contributed by atoms with van der Waals surface area (Å²) in [4.78, 5) is 25.8. The van der Waals surface area contributed by atoms with Crippen LogP contribution in [0.4, 0.5) is 0 Å². The Balaban J connectivity index is 2.51. The molecule has 1 aliphatic rings. The van der Waals surface area contributed by atoms with Crippen molar-refractivity contribution in [2.45, 2.75) is 32.7 Å². The van der Waals surface area contributed by atoms with Crippen molar-refractivity contribution in [2.75, 3.05) is 40.0 Å². The Hall–Kier alpha value is -1.14. The average molecular weight is 286 g/mol. The number of hydrogen-bond acceptors (Lipinski definition) is 4. The summed E-state index contributed by atoms with van der Waals surface area (Å²) < 4.78 is 10.3. The Morgan fingerprint density at radius 2 is 2.10 bits per heavy atom. The molecule has 20 heavy (non-hydrogen) atoms. The molecule has 1 aliphatic heterocycles. The van der Waals surface area contributed by atoms with Crippen molar-refractivity contribution in [2.24, 2.45) is 5.92 Å². The number of nitrogens with one attached hydrogen (secondary N) is 1. The normalized spacial score (nSPS) is 21.6. The molecule has 6 heteroatoms. The van der Waals surface area contributed by atoms with Crippen LogP contribution in [0.25, 0.3) is 0 Å². The molecule has 1 heterocycles. The zero-order chi connectivity index (χ0) is 15.0. The molecule has 0 aromatic carbocycles. The molecule has 116 valence electrons. The fourth-order valence-electron chi connectivity index (χ4n) is 2.11. The largest absolute Gasteiger partial charge is 0.382 e. The molecule has 0 aromatic heterocycles. The van der Waals surface area contributed by atoms with Gasteiger partial charge >= 0.3 is 0 Å². The molecular weight excluding hydrogens is 260 g/mol. The maximum absolute atomic E-state index is 12.4. The SMILES string of the molecule is CCC(C)C1NC(=O)CCN(CCOCCOC)C1=O. The monoisotopic (exact) mass is 286 g/mol. The van der Waals surface area contributed by atoms with Crippen LogP contribution in [0.2, 0.25) is 0 Å².